The number of aryl methyl sites for hydroxylation is 1. The Morgan fingerprint density at radius 3 is 2.44 bits per heavy atom. The van der Waals surface area contributed by atoms with Crippen LogP contribution in [0, 0.1) is 6.92 Å². The highest BCUT2D eigenvalue weighted by atomic mass is 35.5. The van der Waals surface area contributed by atoms with Crippen molar-refractivity contribution < 1.29 is 13.2 Å². The molecule has 1 N–H and O–H groups in total. The standard InChI is InChI=1S/C18H21ClF3N5/c1-3-26-6-8-27(9-7-26)16-10-12(2)23-17(25-16)24-13-4-5-15(19)14(11-13)18(20,21)22/h4-5,10-11H,3,6-9H2,1-2H3,(H,23,24,25). The van der Waals surface area contributed by atoms with Gasteiger partial charge in [-0.2, -0.15) is 18.2 Å². The molecule has 2 heterocycles. The molecule has 1 saturated heterocycles. The summed E-state index contributed by atoms with van der Waals surface area (Å²) in [5, 5.41) is 2.53. The van der Waals surface area contributed by atoms with E-state index in [-0.39, 0.29) is 16.7 Å². The average Bonchev–Trinajstić information content (AvgIpc) is 2.62. The Bertz CT molecular complexity index is 804. The Kier molecular flexibility index (Phi) is 5.76. The van der Waals surface area contributed by atoms with Crippen LogP contribution in [0.4, 0.5) is 30.6 Å². The summed E-state index contributed by atoms with van der Waals surface area (Å²) in [6, 6.07) is 5.54. The molecule has 0 unspecified atom stereocenters. The molecule has 1 aliphatic rings. The van der Waals surface area contributed by atoms with Crippen molar-refractivity contribution in [3.8, 4) is 0 Å². The lowest BCUT2D eigenvalue weighted by Gasteiger charge is -2.34. The molecule has 9 heteroatoms. The molecule has 0 saturated carbocycles. The van der Waals surface area contributed by atoms with E-state index in [1.807, 2.05) is 13.0 Å². The van der Waals surface area contributed by atoms with E-state index in [1.54, 1.807) is 0 Å². The first-order chi connectivity index (χ1) is 12.8. The zero-order valence-corrected chi connectivity index (χ0v) is 15.9. The second-order valence-corrected chi connectivity index (χ2v) is 6.84. The highest BCUT2D eigenvalue weighted by molar-refractivity contribution is 6.31. The lowest BCUT2D eigenvalue weighted by atomic mass is 10.2. The van der Waals surface area contributed by atoms with Gasteiger partial charge in [0, 0.05) is 43.6 Å². The summed E-state index contributed by atoms with van der Waals surface area (Å²) in [5.41, 5.74) is 0.0854. The fourth-order valence-corrected chi connectivity index (χ4v) is 3.24. The predicted molar refractivity (Wildman–Crippen MR) is 101 cm³/mol. The molecule has 1 aromatic heterocycles. The minimum absolute atomic E-state index is 0.235. The highest BCUT2D eigenvalue weighted by Gasteiger charge is 2.33. The number of alkyl halides is 3. The Hall–Kier alpha value is -2.06. The van der Waals surface area contributed by atoms with Crippen molar-refractivity contribution in [2.24, 2.45) is 0 Å². The first kappa shape index (κ1) is 19.7. The summed E-state index contributed by atoms with van der Waals surface area (Å²) < 4.78 is 39.1. The maximum atomic E-state index is 13.0. The molecule has 146 valence electrons. The second kappa shape index (κ2) is 7.90. The van der Waals surface area contributed by atoms with Crippen LogP contribution in [0.25, 0.3) is 0 Å². The number of likely N-dealkylation sites (N-methyl/N-ethyl adjacent to an activating group) is 1. The normalized spacial score (nSPS) is 15.9. The highest BCUT2D eigenvalue weighted by Crippen LogP contribution is 2.36. The van der Waals surface area contributed by atoms with Gasteiger partial charge in [-0.15, -0.1) is 0 Å². The van der Waals surface area contributed by atoms with Gasteiger partial charge in [0.05, 0.1) is 10.6 Å². The SMILES string of the molecule is CCN1CCN(c2cc(C)nc(Nc3ccc(Cl)c(C(F)(F)F)c3)n2)CC1. The van der Waals surface area contributed by atoms with Crippen LogP contribution in [0.5, 0.6) is 0 Å². The topological polar surface area (TPSA) is 44.3 Å². The van der Waals surface area contributed by atoms with Crippen molar-refractivity contribution in [2.45, 2.75) is 20.0 Å². The van der Waals surface area contributed by atoms with Crippen LogP contribution < -0.4 is 10.2 Å². The van der Waals surface area contributed by atoms with Gasteiger partial charge in [-0.3, -0.25) is 0 Å². The van der Waals surface area contributed by atoms with Crippen LogP contribution in [0.2, 0.25) is 5.02 Å². The van der Waals surface area contributed by atoms with Crippen LogP contribution in [0.15, 0.2) is 24.3 Å². The van der Waals surface area contributed by atoms with Gasteiger partial charge in [-0.05, 0) is 31.7 Å². The quantitative estimate of drug-likeness (QED) is 0.828. The van der Waals surface area contributed by atoms with Gasteiger partial charge in [0.1, 0.15) is 5.82 Å². The Morgan fingerprint density at radius 1 is 1.11 bits per heavy atom. The van der Waals surface area contributed by atoms with Crippen LogP contribution in [-0.2, 0) is 6.18 Å². The number of piperazine rings is 1. The molecule has 27 heavy (non-hydrogen) atoms. The average molecular weight is 400 g/mol. The molecular weight excluding hydrogens is 379 g/mol. The number of nitrogens with one attached hydrogen (secondary N) is 1. The first-order valence-corrected chi connectivity index (χ1v) is 9.11. The maximum Gasteiger partial charge on any atom is 0.417 e. The van der Waals surface area contributed by atoms with E-state index in [2.05, 4.69) is 32.0 Å². The molecule has 1 aromatic carbocycles. The second-order valence-electron chi connectivity index (χ2n) is 6.43. The van der Waals surface area contributed by atoms with Crippen molar-refractivity contribution in [3.05, 3.63) is 40.5 Å². The van der Waals surface area contributed by atoms with Gasteiger partial charge >= 0.3 is 6.18 Å². The zero-order chi connectivity index (χ0) is 19.6. The Morgan fingerprint density at radius 2 is 1.81 bits per heavy atom. The van der Waals surface area contributed by atoms with Gasteiger partial charge in [-0.1, -0.05) is 18.5 Å². The molecule has 0 aliphatic carbocycles. The van der Waals surface area contributed by atoms with E-state index in [0.717, 1.165) is 50.3 Å². The van der Waals surface area contributed by atoms with Crippen LogP contribution >= 0.6 is 11.6 Å². The van der Waals surface area contributed by atoms with Crippen LogP contribution in [0.1, 0.15) is 18.2 Å². The van der Waals surface area contributed by atoms with Gasteiger partial charge in [0.2, 0.25) is 5.95 Å². The molecule has 0 atom stereocenters. The fourth-order valence-electron chi connectivity index (χ4n) is 3.01. The third kappa shape index (κ3) is 4.81. The number of halogens is 4. The van der Waals surface area contributed by atoms with Gasteiger partial charge in [0.15, 0.2) is 0 Å². The third-order valence-corrected chi connectivity index (χ3v) is 4.84. The lowest BCUT2D eigenvalue weighted by molar-refractivity contribution is -0.137. The summed E-state index contributed by atoms with van der Waals surface area (Å²) in [6.07, 6.45) is -4.52. The van der Waals surface area contributed by atoms with Crippen molar-refractivity contribution in [2.75, 3.05) is 42.9 Å². The summed E-state index contributed by atoms with van der Waals surface area (Å²) in [4.78, 5) is 13.3. The first-order valence-electron chi connectivity index (χ1n) is 8.73. The summed E-state index contributed by atoms with van der Waals surface area (Å²) >= 11 is 5.67. The number of nitrogens with zero attached hydrogens (tertiary/aromatic N) is 4. The van der Waals surface area contributed by atoms with E-state index in [9.17, 15) is 13.2 Å². The van der Waals surface area contributed by atoms with Crippen molar-refractivity contribution in [3.63, 3.8) is 0 Å². The van der Waals surface area contributed by atoms with Crippen molar-refractivity contribution >= 4 is 29.1 Å². The number of hydrogen-bond donors (Lipinski definition) is 1. The number of aromatic nitrogens is 2. The number of anilines is 3. The molecule has 1 aliphatic heterocycles. The van der Waals surface area contributed by atoms with Crippen LogP contribution in [0.3, 0.4) is 0 Å². The number of benzene rings is 1. The minimum Gasteiger partial charge on any atom is -0.354 e. The Balaban J connectivity index is 1.81. The lowest BCUT2D eigenvalue weighted by Crippen LogP contribution is -2.46. The zero-order valence-electron chi connectivity index (χ0n) is 15.1. The summed E-state index contributed by atoms with van der Waals surface area (Å²) in [5.74, 6) is 1.03. The van der Waals surface area contributed by atoms with E-state index in [0.29, 0.717) is 0 Å². The summed E-state index contributed by atoms with van der Waals surface area (Å²) in [6.45, 7) is 8.59. The van der Waals surface area contributed by atoms with Gasteiger partial charge in [-0.25, -0.2) is 4.98 Å². The largest absolute Gasteiger partial charge is 0.417 e. The van der Waals surface area contributed by atoms with E-state index in [1.165, 1.54) is 12.1 Å². The van der Waals surface area contributed by atoms with Crippen LogP contribution in [-0.4, -0.2) is 47.6 Å². The molecule has 0 bridgehead atoms. The third-order valence-electron chi connectivity index (χ3n) is 4.51. The molecule has 1 fully saturated rings. The monoisotopic (exact) mass is 399 g/mol. The Labute approximate surface area is 161 Å². The van der Waals surface area contributed by atoms with E-state index in [4.69, 9.17) is 11.6 Å². The maximum absolute atomic E-state index is 13.0. The van der Waals surface area contributed by atoms with E-state index >= 15 is 0 Å². The molecule has 2 aromatic rings. The fraction of sp³-hybridized carbons (Fsp3) is 0.444. The molecule has 3 rings (SSSR count). The molecule has 5 nitrogen and oxygen atoms in total. The van der Waals surface area contributed by atoms with E-state index < -0.39 is 11.7 Å². The van der Waals surface area contributed by atoms with Gasteiger partial charge < -0.3 is 15.1 Å². The van der Waals surface area contributed by atoms with Gasteiger partial charge in [0.25, 0.3) is 0 Å². The number of hydrogen-bond acceptors (Lipinski definition) is 5. The molecule has 0 amide bonds. The molecule has 0 radical (unpaired) electrons. The molecule has 0 spiro atoms. The van der Waals surface area contributed by atoms with Crippen molar-refractivity contribution in [1.82, 2.24) is 14.9 Å². The minimum atomic E-state index is -4.52. The van der Waals surface area contributed by atoms with Crippen molar-refractivity contribution in [1.29, 1.82) is 0 Å². The number of rotatable bonds is 4. The smallest absolute Gasteiger partial charge is 0.354 e. The molecular formula is C18H21ClF3N5. The predicted octanol–water partition coefficient (Wildman–Crippen LogP) is 4.34. The summed E-state index contributed by atoms with van der Waals surface area (Å²) in [7, 11) is 0.